The Kier molecular flexibility index (Phi) is 3.48. The summed E-state index contributed by atoms with van der Waals surface area (Å²) < 4.78 is 5.07. The molecule has 0 N–H and O–H groups in total. The molecule has 1 rings (SSSR count). The molecule has 0 aliphatic heterocycles. The van der Waals surface area contributed by atoms with Crippen molar-refractivity contribution in [3.05, 3.63) is 21.9 Å². The number of aryl methyl sites for hydroxylation is 1. The van der Waals surface area contributed by atoms with E-state index in [4.69, 9.17) is 4.74 Å². The summed E-state index contributed by atoms with van der Waals surface area (Å²) in [7, 11) is 0. The molecule has 1 heterocycles. The van der Waals surface area contributed by atoms with Gasteiger partial charge in [-0.25, -0.2) is 4.79 Å². The van der Waals surface area contributed by atoms with Crippen LogP contribution in [-0.2, 0) is 11.2 Å². The summed E-state index contributed by atoms with van der Waals surface area (Å²) >= 11 is 1.45. The van der Waals surface area contributed by atoms with Gasteiger partial charge < -0.3 is 4.74 Å². The summed E-state index contributed by atoms with van der Waals surface area (Å²) in [6, 6.07) is 1.90. The Hall–Kier alpha value is -0.830. The third-order valence-corrected chi connectivity index (χ3v) is 2.56. The molecule has 0 unspecified atom stereocenters. The molecule has 0 aliphatic carbocycles. The van der Waals surface area contributed by atoms with E-state index in [-0.39, 0.29) is 12.1 Å². The normalized spacial score (nSPS) is 10.5. The number of hydrogen-bond acceptors (Lipinski definition) is 3. The number of thiophene rings is 1. The summed E-state index contributed by atoms with van der Waals surface area (Å²) in [5, 5.41) is 2.00. The predicted octanol–water partition coefficient (Wildman–Crippen LogP) is 2.88. The van der Waals surface area contributed by atoms with Crippen LogP contribution in [0.15, 0.2) is 11.4 Å². The van der Waals surface area contributed by atoms with Gasteiger partial charge in [0.2, 0.25) is 0 Å². The summed E-state index contributed by atoms with van der Waals surface area (Å²) in [5.74, 6) is -0.209. The average Bonchev–Trinajstić information content (AvgIpc) is 2.50. The van der Waals surface area contributed by atoms with Gasteiger partial charge in [-0.1, -0.05) is 6.92 Å². The fourth-order valence-electron chi connectivity index (χ4n) is 0.940. The van der Waals surface area contributed by atoms with Crippen molar-refractivity contribution in [3.8, 4) is 0 Å². The lowest BCUT2D eigenvalue weighted by Gasteiger charge is -2.05. The lowest BCUT2D eigenvalue weighted by molar-refractivity contribution is 0.0384. The zero-order valence-electron chi connectivity index (χ0n) is 8.16. The van der Waals surface area contributed by atoms with Crippen molar-refractivity contribution < 1.29 is 9.53 Å². The van der Waals surface area contributed by atoms with Gasteiger partial charge in [-0.15, -0.1) is 11.3 Å². The smallest absolute Gasteiger partial charge is 0.348 e. The Morgan fingerprint density at radius 1 is 1.62 bits per heavy atom. The lowest BCUT2D eigenvalue weighted by Crippen LogP contribution is -2.09. The Morgan fingerprint density at radius 2 is 2.31 bits per heavy atom. The molecule has 0 spiro atoms. The van der Waals surface area contributed by atoms with Crippen LogP contribution in [0.2, 0.25) is 0 Å². The maximum atomic E-state index is 11.4. The van der Waals surface area contributed by atoms with Crippen LogP contribution in [0, 0.1) is 0 Å². The van der Waals surface area contributed by atoms with E-state index in [1.165, 1.54) is 16.9 Å². The lowest BCUT2D eigenvalue weighted by atomic mass is 10.2. The van der Waals surface area contributed by atoms with E-state index in [1.54, 1.807) is 0 Å². The van der Waals surface area contributed by atoms with Gasteiger partial charge in [0.1, 0.15) is 4.88 Å². The highest BCUT2D eigenvalue weighted by Crippen LogP contribution is 2.16. The van der Waals surface area contributed by atoms with Crippen molar-refractivity contribution in [2.45, 2.75) is 33.3 Å². The van der Waals surface area contributed by atoms with Crippen LogP contribution in [0.5, 0.6) is 0 Å². The molecule has 1 aromatic heterocycles. The minimum Gasteiger partial charge on any atom is -0.459 e. The van der Waals surface area contributed by atoms with Crippen LogP contribution < -0.4 is 0 Å². The minimum atomic E-state index is -0.209. The Morgan fingerprint density at radius 3 is 2.77 bits per heavy atom. The van der Waals surface area contributed by atoms with E-state index in [0.29, 0.717) is 4.88 Å². The molecule has 0 saturated heterocycles. The van der Waals surface area contributed by atoms with Gasteiger partial charge in [0, 0.05) is 0 Å². The zero-order chi connectivity index (χ0) is 9.84. The van der Waals surface area contributed by atoms with E-state index in [2.05, 4.69) is 6.92 Å². The third kappa shape index (κ3) is 2.84. The molecule has 1 aromatic rings. The van der Waals surface area contributed by atoms with E-state index >= 15 is 0 Å². The highest BCUT2D eigenvalue weighted by Gasteiger charge is 2.11. The van der Waals surface area contributed by atoms with E-state index in [0.717, 1.165) is 6.42 Å². The summed E-state index contributed by atoms with van der Waals surface area (Å²) in [6.07, 6.45) is 0.922. The van der Waals surface area contributed by atoms with Crippen LogP contribution in [0.4, 0.5) is 0 Å². The van der Waals surface area contributed by atoms with Gasteiger partial charge in [-0.3, -0.25) is 0 Å². The summed E-state index contributed by atoms with van der Waals surface area (Å²) in [6.45, 7) is 5.78. The highest BCUT2D eigenvalue weighted by atomic mass is 32.1. The zero-order valence-corrected chi connectivity index (χ0v) is 8.98. The first kappa shape index (κ1) is 10.3. The first-order valence-electron chi connectivity index (χ1n) is 4.42. The molecule has 0 bridgehead atoms. The molecule has 72 valence electrons. The standard InChI is InChI=1S/C10H14O2S/c1-4-8-5-9(13-6-8)10(11)12-7(2)3/h5-7H,4H2,1-3H3. The monoisotopic (exact) mass is 198 g/mol. The van der Waals surface area contributed by atoms with Gasteiger partial charge in [-0.05, 0) is 37.3 Å². The summed E-state index contributed by atoms with van der Waals surface area (Å²) in [5.41, 5.74) is 1.20. The number of hydrogen-bond donors (Lipinski definition) is 0. The fraction of sp³-hybridized carbons (Fsp3) is 0.500. The van der Waals surface area contributed by atoms with E-state index < -0.39 is 0 Å². The predicted molar refractivity (Wildman–Crippen MR) is 54.2 cm³/mol. The highest BCUT2D eigenvalue weighted by molar-refractivity contribution is 7.12. The van der Waals surface area contributed by atoms with Crippen LogP contribution in [-0.4, -0.2) is 12.1 Å². The second-order valence-electron chi connectivity index (χ2n) is 3.13. The molecule has 13 heavy (non-hydrogen) atoms. The topological polar surface area (TPSA) is 26.3 Å². The van der Waals surface area contributed by atoms with Crippen LogP contribution in [0.25, 0.3) is 0 Å². The van der Waals surface area contributed by atoms with Gasteiger partial charge in [0.15, 0.2) is 0 Å². The van der Waals surface area contributed by atoms with E-state index in [9.17, 15) is 4.79 Å². The maximum absolute atomic E-state index is 11.4. The minimum absolute atomic E-state index is 0.0420. The first-order valence-corrected chi connectivity index (χ1v) is 5.29. The average molecular weight is 198 g/mol. The van der Waals surface area contributed by atoms with Crippen molar-refractivity contribution in [3.63, 3.8) is 0 Å². The number of esters is 1. The number of carbonyl (C=O) groups is 1. The Balaban J connectivity index is 2.66. The Labute approximate surface area is 82.5 Å². The molecule has 0 aromatic carbocycles. The van der Waals surface area contributed by atoms with Gasteiger partial charge in [0.25, 0.3) is 0 Å². The molecule has 0 amide bonds. The fourth-order valence-corrected chi connectivity index (χ4v) is 1.82. The van der Waals surface area contributed by atoms with Gasteiger partial charge >= 0.3 is 5.97 Å². The van der Waals surface area contributed by atoms with Crippen LogP contribution in [0.3, 0.4) is 0 Å². The molecular weight excluding hydrogens is 184 g/mol. The number of rotatable bonds is 3. The van der Waals surface area contributed by atoms with Crippen LogP contribution >= 0.6 is 11.3 Å². The number of carbonyl (C=O) groups excluding carboxylic acids is 1. The van der Waals surface area contributed by atoms with E-state index in [1.807, 2.05) is 25.3 Å². The van der Waals surface area contributed by atoms with Crippen molar-refractivity contribution >= 4 is 17.3 Å². The van der Waals surface area contributed by atoms with Crippen molar-refractivity contribution in [2.75, 3.05) is 0 Å². The maximum Gasteiger partial charge on any atom is 0.348 e. The SMILES string of the molecule is CCc1csc(C(=O)OC(C)C)c1. The molecule has 0 aliphatic rings. The molecule has 3 heteroatoms. The largest absolute Gasteiger partial charge is 0.459 e. The molecule has 0 saturated carbocycles. The Bertz CT molecular complexity index is 289. The molecular formula is C10H14O2S. The first-order chi connectivity index (χ1) is 6.13. The van der Waals surface area contributed by atoms with Crippen molar-refractivity contribution in [2.24, 2.45) is 0 Å². The van der Waals surface area contributed by atoms with Crippen molar-refractivity contribution in [1.82, 2.24) is 0 Å². The third-order valence-electron chi connectivity index (χ3n) is 1.61. The van der Waals surface area contributed by atoms with Gasteiger partial charge in [0.05, 0.1) is 6.10 Å². The van der Waals surface area contributed by atoms with Crippen molar-refractivity contribution in [1.29, 1.82) is 0 Å². The number of ether oxygens (including phenoxy) is 1. The molecule has 0 radical (unpaired) electrons. The molecule has 2 nitrogen and oxygen atoms in total. The van der Waals surface area contributed by atoms with Gasteiger partial charge in [-0.2, -0.15) is 0 Å². The molecule has 0 fully saturated rings. The molecule has 0 atom stereocenters. The van der Waals surface area contributed by atoms with Crippen LogP contribution in [0.1, 0.15) is 36.0 Å². The second kappa shape index (κ2) is 4.42. The quantitative estimate of drug-likeness (QED) is 0.698. The second-order valence-corrected chi connectivity index (χ2v) is 4.04. The summed E-state index contributed by atoms with van der Waals surface area (Å²) in [4.78, 5) is 12.1.